The first kappa shape index (κ1) is 14.5. The predicted molar refractivity (Wildman–Crippen MR) is 66.8 cm³/mol. The third kappa shape index (κ3) is 4.35. The van der Waals surface area contributed by atoms with Crippen LogP contribution in [-0.4, -0.2) is 60.2 Å². The molecule has 102 valence electrons. The number of hydrogen-bond donors (Lipinski definition) is 1. The quantitative estimate of drug-likeness (QED) is 0.742. The van der Waals surface area contributed by atoms with Gasteiger partial charge in [-0.25, -0.2) is 0 Å². The molecule has 0 aromatic heterocycles. The Morgan fingerprint density at radius 2 is 1.61 bits per heavy atom. The summed E-state index contributed by atoms with van der Waals surface area (Å²) in [7, 11) is 0. The van der Waals surface area contributed by atoms with Crippen molar-refractivity contribution in [2.45, 2.75) is 26.7 Å². The summed E-state index contributed by atoms with van der Waals surface area (Å²) in [6.07, 6.45) is 1.22. The second kappa shape index (κ2) is 6.98. The van der Waals surface area contributed by atoms with E-state index < -0.39 is 0 Å². The molecule has 6 nitrogen and oxygen atoms in total. The summed E-state index contributed by atoms with van der Waals surface area (Å²) in [5.74, 6) is -0.130. The lowest BCUT2D eigenvalue weighted by molar-refractivity contribution is -0.138. The minimum atomic E-state index is -0.0896. The summed E-state index contributed by atoms with van der Waals surface area (Å²) in [4.78, 5) is 37.6. The fourth-order valence-electron chi connectivity index (χ4n) is 1.87. The average Bonchev–Trinajstić information content (AvgIpc) is 2.36. The van der Waals surface area contributed by atoms with Crippen molar-refractivity contribution in [3.05, 3.63) is 0 Å². The molecule has 0 aliphatic carbocycles. The summed E-state index contributed by atoms with van der Waals surface area (Å²) in [5.41, 5.74) is 0. The predicted octanol–water partition coefficient (Wildman–Crippen LogP) is -0.407. The molecule has 0 aromatic carbocycles. The molecular formula is C12H21N3O3. The molecule has 1 aliphatic heterocycles. The minimum absolute atomic E-state index is 0.0401. The summed E-state index contributed by atoms with van der Waals surface area (Å²) in [6, 6.07) is 0. The summed E-state index contributed by atoms with van der Waals surface area (Å²) < 4.78 is 0. The number of nitrogens with zero attached hydrogens (tertiary/aromatic N) is 2. The highest BCUT2D eigenvalue weighted by Gasteiger charge is 2.22. The molecule has 0 aromatic rings. The van der Waals surface area contributed by atoms with Crippen LogP contribution in [0.4, 0.5) is 0 Å². The Kier molecular flexibility index (Phi) is 5.61. The van der Waals surface area contributed by atoms with Gasteiger partial charge in [-0.3, -0.25) is 14.4 Å². The van der Waals surface area contributed by atoms with Crippen LogP contribution in [-0.2, 0) is 14.4 Å². The Morgan fingerprint density at radius 3 is 2.11 bits per heavy atom. The second-order valence-corrected chi connectivity index (χ2v) is 4.41. The number of carbonyl (C=O) groups is 3. The van der Waals surface area contributed by atoms with Gasteiger partial charge in [0.1, 0.15) is 0 Å². The van der Waals surface area contributed by atoms with Crippen molar-refractivity contribution in [2.24, 2.45) is 0 Å². The molecule has 1 rings (SSSR count). The normalized spacial score (nSPS) is 15.4. The SMILES string of the molecule is CCCC(=O)NCC(=O)N1CCN(C(C)=O)CC1. The highest BCUT2D eigenvalue weighted by atomic mass is 16.2. The zero-order chi connectivity index (χ0) is 13.5. The maximum atomic E-state index is 11.8. The van der Waals surface area contributed by atoms with Gasteiger partial charge in [0.2, 0.25) is 17.7 Å². The van der Waals surface area contributed by atoms with Gasteiger partial charge < -0.3 is 15.1 Å². The van der Waals surface area contributed by atoms with Gasteiger partial charge in [0, 0.05) is 39.5 Å². The van der Waals surface area contributed by atoms with Crippen LogP contribution in [0, 0.1) is 0 Å². The van der Waals surface area contributed by atoms with E-state index >= 15 is 0 Å². The van der Waals surface area contributed by atoms with Crippen molar-refractivity contribution in [1.29, 1.82) is 0 Å². The first-order chi connectivity index (χ1) is 8.54. The van der Waals surface area contributed by atoms with Gasteiger partial charge >= 0.3 is 0 Å². The third-order valence-electron chi connectivity index (χ3n) is 2.99. The number of nitrogens with one attached hydrogen (secondary N) is 1. The molecular weight excluding hydrogens is 234 g/mol. The largest absolute Gasteiger partial charge is 0.347 e. The van der Waals surface area contributed by atoms with E-state index in [2.05, 4.69) is 5.32 Å². The summed E-state index contributed by atoms with van der Waals surface area (Å²) >= 11 is 0. The zero-order valence-electron chi connectivity index (χ0n) is 11.1. The van der Waals surface area contributed by atoms with Crippen molar-refractivity contribution < 1.29 is 14.4 Å². The second-order valence-electron chi connectivity index (χ2n) is 4.41. The van der Waals surface area contributed by atoms with E-state index in [4.69, 9.17) is 0 Å². The molecule has 18 heavy (non-hydrogen) atoms. The van der Waals surface area contributed by atoms with Crippen LogP contribution in [0.15, 0.2) is 0 Å². The maximum Gasteiger partial charge on any atom is 0.242 e. The first-order valence-corrected chi connectivity index (χ1v) is 6.34. The minimum Gasteiger partial charge on any atom is -0.347 e. The molecule has 0 atom stereocenters. The third-order valence-corrected chi connectivity index (χ3v) is 2.99. The molecule has 0 spiro atoms. The van der Waals surface area contributed by atoms with Crippen LogP contribution in [0.5, 0.6) is 0 Å². The highest BCUT2D eigenvalue weighted by Crippen LogP contribution is 2.02. The molecule has 1 aliphatic rings. The zero-order valence-corrected chi connectivity index (χ0v) is 11.1. The van der Waals surface area contributed by atoms with E-state index in [-0.39, 0.29) is 24.3 Å². The van der Waals surface area contributed by atoms with Crippen LogP contribution in [0.1, 0.15) is 26.7 Å². The van der Waals surface area contributed by atoms with Crippen LogP contribution in [0.25, 0.3) is 0 Å². The monoisotopic (exact) mass is 255 g/mol. The van der Waals surface area contributed by atoms with Crippen LogP contribution < -0.4 is 5.32 Å². The lowest BCUT2D eigenvalue weighted by Gasteiger charge is -2.34. The van der Waals surface area contributed by atoms with Crippen LogP contribution in [0.2, 0.25) is 0 Å². The van der Waals surface area contributed by atoms with Crippen molar-refractivity contribution in [2.75, 3.05) is 32.7 Å². The highest BCUT2D eigenvalue weighted by molar-refractivity contribution is 5.84. The molecule has 1 saturated heterocycles. The number of amides is 3. The van der Waals surface area contributed by atoms with Crippen molar-refractivity contribution in [1.82, 2.24) is 15.1 Å². The number of rotatable bonds is 4. The topological polar surface area (TPSA) is 69.7 Å². The van der Waals surface area contributed by atoms with Crippen LogP contribution >= 0.6 is 0 Å². The molecule has 1 N–H and O–H groups in total. The van der Waals surface area contributed by atoms with Crippen molar-refractivity contribution in [3.63, 3.8) is 0 Å². The standard InChI is InChI=1S/C12H21N3O3/c1-3-4-11(17)13-9-12(18)15-7-5-14(6-8-15)10(2)16/h3-9H2,1-2H3,(H,13,17). The average molecular weight is 255 g/mol. The Bertz CT molecular complexity index is 323. The lowest BCUT2D eigenvalue weighted by atomic mass is 10.3. The van der Waals surface area contributed by atoms with Crippen LogP contribution in [0.3, 0.4) is 0 Å². The van der Waals surface area contributed by atoms with E-state index in [1.54, 1.807) is 9.80 Å². The molecule has 3 amide bonds. The smallest absolute Gasteiger partial charge is 0.242 e. The van der Waals surface area contributed by atoms with Gasteiger partial charge in [-0.05, 0) is 6.42 Å². The molecule has 1 heterocycles. The molecule has 0 saturated carbocycles. The molecule has 0 bridgehead atoms. The lowest BCUT2D eigenvalue weighted by Crippen LogP contribution is -2.52. The van der Waals surface area contributed by atoms with E-state index in [9.17, 15) is 14.4 Å². The molecule has 1 fully saturated rings. The molecule has 0 radical (unpaired) electrons. The number of carbonyl (C=O) groups excluding carboxylic acids is 3. The number of hydrogen-bond acceptors (Lipinski definition) is 3. The van der Waals surface area contributed by atoms with E-state index in [1.807, 2.05) is 6.92 Å². The van der Waals surface area contributed by atoms with E-state index in [1.165, 1.54) is 6.92 Å². The van der Waals surface area contributed by atoms with Gasteiger partial charge in [-0.15, -0.1) is 0 Å². The summed E-state index contributed by atoms with van der Waals surface area (Å²) in [5, 5.41) is 2.60. The maximum absolute atomic E-state index is 11.8. The van der Waals surface area contributed by atoms with Gasteiger partial charge in [0.15, 0.2) is 0 Å². The Morgan fingerprint density at radius 1 is 1.06 bits per heavy atom. The Balaban J connectivity index is 2.28. The van der Waals surface area contributed by atoms with Crippen molar-refractivity contribution >= 4 is 17.7 Å². The van der Waals surface area contributed by atoms with Gasteiger partial charge in [-0.2, -0.15) is 0 Å². The Labute approximate surface area is 107 Å². The van der Waals surface area contributed by atoms with E-state index in [0.29, 0.717) is 32.6 Å². The molecule has 0 unspecified atom stereocenters. The molecule has 6 heteroatoms. The summed E-state index contributed by atoms with van der Waals surface area (Å²) in [6.45, 7) is 5.74. The first-order valence-electron chi connectivity index (χ1n) is 6.34. The number of piperazine rings is 1. The van der Waals surface area contributed by atoms with E-state index in [0.717, 1.165) is 6.42 Å². The van der Waals surface area contributed by atoms with Gasteiger partial charge in [-0.1, -0.05) is 6.92 Å². The van der Waals surface area contributed by atoms with Gasteiger partial charge in [0.25, 0.3) is 0 Å². The van der Waals surface area contributed by atoms with Crippen molar-refractivity contribution in [3.8, 4) is 0 Å². The fourth-order valence-corrected chi connectivity index (χ4v) is 1.87. The van der Waals surface area contributed by atoms with Gasteiger partial charge in [0.05, 0.1) is 6.54 Å². The fraction of sp³-hybridized carbons (Fsp3) is 0.750. The Hall–Kier alpha value is -1.59.